The van der Waals surface area contributed by atoms with Crippen molar-refractivity contribution in [2.45, 2.75) is 6.54 Å². The Morgan fingerprint density at radius 3 is 2.77 bits per heavy atom. The molecule has 0 bridgehead atoms. The Labute approximate surface area is 82.5 Å². The Morgan fingerprint density at radius 1 is 1.54 bits per heavy atom. The van der Waals surface area contributed by atoms with Crippen LogP contribution in [0.1, 0.15) is 5.56 Å². The summed E-state index contributed by atoms with van der Waals surface area (Å²) in [6.07, 6.45) is 0. The number of hydrogen-bond acceptors (Lipinski definition) is 3. The zero-order valence-electron chi connectivity index (χ0n) is 7.62. The number of hydroxylamine groups is 2. The predicted octanol–water partition coefficient (Wildman–Crippen LogP) is 2.17. The summed E-state index contributed by atoms with van der Waals surface area (Å²) < 4.78 is 5.10. The van der Waals surface area contributed by atoms with Gasteiger partial charge in [-0.25, -0.2) is 0 Å². The van der Waals surface area contributed by atoms with Gasteiger partial charge in [0.05, 0.1) is 13.7 Å². The van der Waals surface area contributed by atoms with Crippen molar-refractivity contribution in [2.24, 2.45) is 0 Å². The van der Waals surface area contributed by atoms with Crippen LogP contribution in [0.2, 0.25) is 5.02 Å². The summed E-state index contributed by atoms with van der Waals surface area (Å²) in [6.45, 7) is 0.393. The minimum absolute atomic E-state index is 0.393. The molecule has 1 N–H and O–H groups in total. The van der Waals surface area contributed by atoms with Crippen LogP contribution >= 0.6 is 11.6 Å². The summed E-state index contributed by atoms with van der Waals surface area (Å²) in [7, 11) is 3.16. The summed E-state index contributed by atoms with van der Waals surface area (Å²) >= 11 is 5.80. The molecule has 0 aliphatic carbocycles. The molecule has 0 aromatic heterocycles. The van der Waals surface area contributed by atoms with Gasteiger partial charge in [0.2, 0.25) is 0 Å². The molecule has 0 saturated carbocycles. The van der Waals surface area contributed by atoms with E-state index in [1.165, 1.54) is 0 Å². The maximum absolute atomic E-state index is 9.05. The maximum atomic E-state index is 9.05. The van der Waals surface area contributed by atoms with Crippen LogP contribution < -0.4 is 4.74 Å². The van der Waals surface area contributed by atoms with E-state index in [2.05, 4.69) is 0 Å². The van der Waals surface area contributed by atoms with Gasteiger partial charge < -0.3 is 9.94 Å². The molecule has 0 amide bonds. The number of hydrogen-bond donors (Lipinski definition) is 1. The van der Waals surface area contributed by atoms with E-state index in [9.17, 15) is 0 Å². The van der Waals surface area contributed by atoms with Crippen molar-refractivity contribution in [3.63, 3.8) is 0 Å². The van der Waals surface area contributed by atoms with Crippen molar-refractivity contribution in [3.8, 4) is 5.75 Å². The van der Waals surface area contributed by atoms with Crippen LogP contribution in [0.3, 0.4) is 0 Å². The smallest absolute Gasteiger partial charge is 0.123 e. The highest BCUT2D eigenvalue weighted by Gasteiger charge is 2.05. The highest BCUT2D eigenvalue weighted by molar-refractivity contribution is 6.30. The SMILES string of the molecule is COc1ccc(Cl)cc1CN(C)O. The van der Waals surface area contributed by atoms with Gasteiger partial charge in [-0.2, -0.15) is 5.06 Å². The van der Waals surface area contributed by atoms with Crippen molar-refractivity contribution in [1.82, 2.24) is 5.06 Å². The normalized spacial score (nSPS) is 10.5. The van der Waals surface area contributed by atoms with E-state index in [1.807, 2.05) is 0 Å². The third-order valence-corrected chi connectivity index (χ3v) is 1.88. The van der Waals surface area contributed by atoms with Crippen molar-refractivity contribution >= 4 is 11.6 Å². The van der Waals surface area contributed by atoms with Crippen molar-refractivity contribution in [1.29, 1.82) is 0 Å². The molecule has 3 nitrogen and oxygen atoms in total. The Kier molecular flexibility index (Phi) is 3.54. The van der Waals surface area contributed by atoms with Crippen LogP contribution in [0.15, 0.2) is 18.2 Å². The largest absolute Gasteiger partial charge is 0.496 e. The quantitative estimate of drug-likeness (QED) is 0.761. The zero-order chi connectivity index (χ0) is 9.84. The summed E-state index contributed by atoms with van der Waals surface area (Å²) in [5, 5.41) is 10.8. The lowest BCUT2D eigenvalue weighted by atomic mass is 10.2. The van der Waals surface area contributed by atoms with Gasteiger partial charge in [-0.3, -0.25) is 0 Å². The number of methoxy groups -OCH3 is 1. The van der Waals surface area contributed by atoms with E-state index in [0.29, 0.717) is 11.6 Å². The second-order valence-corrected chi connectivity index (χ2v) is 3.21. The fourth-order valence-electron chi connectivity index (χ4n) is 1.12. The molecule has 1 rings (SSSR count). The first-order valence-electron chi connectivity index (χ1n) is 3.86. The van der Waals surface area contributed by atoms with Gasteiger partial charge >= 0.3 is 0 Å². The van der Waals surface area contributed by atoms with Crippen molar-refractivity contribution in [3.05, 3.63) is 28.8 Å². The molecular formula is C9H12ClNO2. The van der Waals surface area contributed by atoms with E-state index >= 15 is 0 Å². The van der Waals surface area contributed by atoms with Crippen LogP contribution in [-0.4, -0.2) is 24.4 Å². The van der Waals surface area contributed by atoms with E-state index in [0.717, 1.165) is 16.4 Å². The minimum atomic E-state index is 0.393. The molecule has 1 aromatic rings. The van der Waals surface area contributed by atoms with Crippen LogP contribution in [0, 0.1) is 0 Å². The second-order valence-electron chi connectivity index (χ2n) is 2.77. The fourth-order valence-corrected chi connectivity index (χ4v) is 1.31. The average molecular weight is 202 g/mol. The first-order chi connectivity index (χ1) is 6.13. The Bertz CT molecular complexity index is 289. The van der Waals surface area contributed by atoms with Gasteiger partial charge in [-0.15, -0.1) is 0 Å². The van der Waals surface area contributed by atoms with E-state index in [1.54, 1.807) is 32.4 Å². The molecule has 0 heterocycles. The lowest BCUT2D eigenvalue weighted by molar-refractivity contribution is -0.0735. The highest BCUT2D eigenvalue weighted by atomic mass is 35.5. The molecule has 4 heteroatoms. The topological polar surface area (TPSA) is 32.7 Å². The first kappa shape index (κ1) is 10.3. The molecule has 0 aliphatic heterocycles. The summed E-state index contributed by atoms with van der Waals surface area (Å²) in [5.41, 5.74) is 0.861. The monoisotopic (exact) mass is 201 g/mol. The molecule has 0 spiro atoms. The molecule has 0 aliphatic rings. The number of ether oxygens (including phenoxy) is 1. The van der Waals surface area contributed by atoms with Gasteiger partial charge in [0.15, 0.2) is 0 Å². The fraction of sp³-hybridized carbons (Fsp3) is 0.333. The van der Waals surface area contributed by atoms with Gasteiger partial charge in [-0.05, 0) is 18.2 Å². The molecule has 13 heavy (non-hydrogen) atoms. The number of rotatable bonds is 3. The molecule has 72 valence electrons. The Balaban J connectivity index is 2.94. The molecule has 1 aromatic carbocycles. The molecular weight excluding hydrogens is 190 g/mol. The first-order valence-corrected chi connectivity index (χ1v) is 4.23. The average Bonchev–Trinajstić information content (AvgIpc) is 2.03. The van der Waals surface area contributed by atoms with Gasteiger partial charge in [0.25, 0.3) is 0 Å². The predicted molar refractivity (Wildman–Crippen MR) is 51.3 cm³/mol. The van der Waals surface area contributed by atoms with Crippen LogP contribution in [0.4, 0.5) is 0 Å². The Morgan fingerprint density at radius 2 is 2.23 bits per heavy atom. The number of benzene rings is 1. The summed E-state index contributed by atoms with van der Waals surface area (Å²) in [4.78, 5) is 0. The third-order valence-electron chi connectivity index (χ3n) is 1.64. The van der Waals surface area contributed by atoms with E-state index < -0.39 is 0 Å². The van der Waals surface area contributed by atoms with Crippen LogP contribution in [0.25, 0.3) is 0 Å². The van der Waals surface area contributed by atoms with E-state index in [4.69, 9.17) is 21.5 Å². The minimum Gasteiger partial charge on any atom is -0.496 e. The van der Waals surface area contributed by atoms with Crippen molar-refractivity contribution < 1.29 is 9.94 Å². The number of halogens is 1. The lowest BCUT2D eigenvalue weighted by Gasteiger charge is -2.12. The molecule has 0 unspecified atom stereocenters. The molecule has 0 radical (unpaired) electrons. The standard InChI is InChI=1S/C9H12ClNO2/c1-11(12)6-7-5-8(10)3-4-9(7)13-2/h3-5,12H,6H2,1-2H3. The number of nitrogens with zero attached hydrogens (tertiary/aromatic N) is 1. The summed E-state index contributed by atoms with van der Waals surface area (Å²) in [5.74, 6) is 0.727. The second kappa shape index (κ2) is 4.46. The van der Waals surface area contributed by atoms with Gasteiger partial charge in [0.1, 0.15) is 5.75 Å². The maximum Gasteiger partial charge on any atom is 0.123 e. The van der Waals surface area contributed by atoms with Gasteiger partial charge in [-0.1, -0.05) is 11.6 Å². The van der Waals surface area contributed by atoms with Gasteiger partial charge in [0, 0.05) is 17.6 Å². The lowest BCUT2D eigenvalue weighted by Crippen LogP contribution is -2.12. The third kappa shape index (κ3) is 2.88. The van der Waals surface area contributed by atoms with Crippen LogP contribution in [-0.2, 0) is 6.54 Å². The molecule has 0 fully saturated rings. The Hall–Kier alpha value is -0.770. The van der Waals surface area contributed by atoms with E-state index in [-0.39, 0.29) is 0 Å². The zero-order valence-corrected chi connectivity index (χ0v) is 8.38. The van der Waals surface area contributed by atoms with Crippen molar-refractivity contribution in [2.75, 3.05) is 14.2 Å². The summed E-state index contributed by atoms with van der Waals surface area (Å²) in [6, 6.07) is 5.30. The molecule has 0 saturated heterocycles. The molecule has 0 atom stereocenters. The van der Waals surface area contributed by atoms with Crippen LogP contribution in [0.5, 0.6) is 5.75 Å². The highest BCUT2D eigenvalue weighted by Crippen LogP contribution is 2.23.